The minimum absolute atomic E-state index is 0.0286. The second-order valence-corrected chi connectivity index (χ2v) is 7.68. The first kappa shape index (κ1) is 17.8. The van der Waals surface area contributed by atoms with E-state index in [0.717, 1.165) is 50.5 Å². The summed E-state index contributed by atoms with van der Waals surface area (Å²) in [6.45, 7) is 12.7. The molecule has 0 amide bonds. The molecule has 136 valence electrons. The third-order valence-electron chi connectivity index (χ3n) is 4.62. The molecule has 1 aliphatic rings. The Morgan fingerprint density at radius 3 is 2.44 bits per heavy atom. The van der Waals surface area contributed by atoms with Gasteiger partial charge in [0.05, 0.1) is 18.4 Å². The molecule has 1 aliphatic heterocycles. The fourth-order valence-electron chi connectivity index (χ4n) is 2.98. The molecule has 0 aliphatic carbocycles. The van der Waals surface area contributed by atoms with E-state index in [2.05, 4.69) is 40.8 Å². The molecule has 3 rings (SSSR count). The van der Waals surface area contributed by atoms with E-state index in [1.54, 1.807) is 23.2 Å². The molecular weight excluding hydrogens is 318 g/mol. The van der Waals surface area contributed by atoms with Crippen LogP contribution in [0, 0.1) is 0 Å². The molecule has 2 aromatic rings. The summed E-state index contributed by atoms with van der Waals surface area (Å²) in [5.74, 6) is 0. The van der Waals surface area contributed by atoms with E-state index in [9.17, 15) is 4.79 Å². The zero-order valence-electron chi connectivity index (χ0n) is 15.3. The number of piperazine rings is 1. The van der Waals surface area contributed by atoms with Crippen LogP contribution in [0.15, 0.2) is 33.9 Å². The van der Waals surface area contributed by atoms with E-state index in [1.165, 1.54) is 0 Å². The summed E-state index contributed by atoms with van der Waals surface area (Å²) in [6.07, 6.45) is 3.47. The van der Waals surface area contributed by atoms with Gasteiger partial charge in [-0.25, -0.2) is 4.68 Å². The minimum atomic E-state index is -0.0526. The van der Waals surface area contributed by atoms with Crippen molar-refractivity contribution in [2.45, 2.75) is 39.3 Å². The second-order valence-electron chi connectivity index (χ2n) is 7.68. The topological polar surface area (TPSA) is 67.4 Å². The van der Waals surface area contributed by atoms with Crippen LogP contribution >= 0.6 is 0 Å². The van der Waals surface area contributed by atoms with Crippen LogP contribution in [0.2, 0.25) is 0 Å². The lowest BCUT2D eigenvalue weighted by molar-refractivity contribution is 0.122. The summed E-state index contributed by atoms with van der Waals surface area (Å²) in [7, 11) is 0. The van der Waals surface area contributed by atoms with Crippen molar-refractivity contribution >= 4 is 0 Å². The van der Waals surface area contributed by atoms with Crippen molar-refractivity contribution in [1.82, 2.24) is 24.7 Å². The average molecular weight is 345 g/mol. The molecule has 0 aromatic carbocycles. The quantitative estimate of drug-likeness (QED) is 0.815. The zero-order chi connectivity index (χ0) is 17.9. The van der Waals surface area contributed by atoms with Crippen molar-refractivity contribution in [1.29, 1.82) is 0 Å². The lowest BCUT2D eigenvalue weighted by atomic mass is 9.92. The highest BCUT2D eigenvalue weighted by Gasteiger charge is 2.19. The molecule has 0 spiro atoms. The van der Waals surface area contributed by atoms with E-state index in [0.29, 0.717) is 6.54 Å². The monoisotopic (exact) mass is 345 g/mol. The Morgan fingerprint density at radius 1 is 1.08 bits per heavy atom. The molecule has 0 bridgehead atoms. The van der Waals surface area contributed by atoms with Crippen LogP contribution in [0.5, 0.6) is 0 Å². The Labute approximate surface area is 148 Å². The first-order valence-corrected chi connectivity index (χ1v) is 8.83. The van der Waals surface area contributed by atoms with Gasteiger partial charge in [-0.1, -0.05) is 25.9 Å². The SMILES string of the molecule is CC(C)(C)c1ccc(=O)n(CCN2CCN(Cc3cnoc3)CC2)n1. The summed E-state index contributed by atoms with van der Waals surface area (Å²) >= 11 is 0. The molecule has 2 aromatic heterocycles. The van der Waals surface area contributed by atoms with Gasteiger partial charge < -0.3 is 4.52 Å². The van der Waals surface area contributed by atoms with Gasteiger partial charge in [0.2, 0.25) is 0 Å². The van der Waals surface area contributed by atoms with Crippen molar-refractivity contribution in [3.8, 4) is 0 Å². The highest BCUT2D eigenvalue weighted by molar-refractivity contribution is 5.10. The number of aromatic nitrogens is 3. The van der Waals surface area contributed by atoms with Gasteiger partial charge in [-0.15, -0.1) is 0 Å². The van der Waals surface area contributed by atoms with Gasteiger partial charge in [0.1, 0.15) is 6.26 Å². The van der Waals surface area contributed by atoms with E-state index >= 15 is 0 Å². The predicted molar refractivity (Wildman–Crippen MR) is 95.4 cm³/mol. The molecular formula is C18H27N5O2. The maximum atomic E-state index is 12.1. The summed E-state index contributed by atoms with van der Waals surface area (Å²) in [6, 6.07) is 3.47. The molecule has 3 heterocycles. The Bertz CT molecular complexity index is 725. The maximum Gasteiger partial charge on any atom is 0.266 e. The van der Waals surface area contributed by atoms with Gasteiger partial charge in [-0.2, -0.15) is 5.10 Å². The smallest absolute Gasteiger partial charge is 0.266 e. The van der Waals surface area contributed by atoms with E-state index in [4.69, 9.17) is 4.52 Å². The highest BCUT2D eigenvalue weighted by Crippen LogP contribution is 2.18. The molecule has 7 heteroatoms. The highest BCUT2D eigenvalue weighted by atomic mass is 16.5. The van der Waals surface area contributed by atoms with Crippen molar-refractivity contribution < 1.29 is 4.52 Å². The van der Waals surface area contributed by atoms with Crippen LogP contribution in [0.1, 0.15) is 32.0 Å². The number of nitrogens with zero attached hydrogens (tertiary/aromatic N) is 5. The van der Waals surface area contributed by atoms with E-state index < -0.39 is 0 Å². The maximum absolute atomic E-state index is 12.1. The molecule has 0 saturated carbocycles. The third-order valence-corrected chi connectivity index (χ3v) is 4.62. The van der Waals surface area contributed by atoms with Crippen molar-refractivity contribution in [2.75, 3.05) is 32.7 Å². The van der Waals surface area contributed by atoms with Gasteiger partial charge in [-0.05, 0) is 6.07 Å². The lowest BCUT2D eigenvalue weighted by Crippen LogP contribution is -2.47. The van der Waals surface area contributed by atoms with Crippen LogP contribution in [0.25, 0.3) is 0 Å². The Balaban J connectivity index is 1.51. The van der Waals surface area contributed by atoms with E-state index in [-0.39, 0.29) is 11.0 Å². The molecule has 7 nitrogen and oxygen atoms in total. The fourth-order valence-corrected chi connectivity index (χ4v) is 2.98. The standard InChI is InChI=1S/C18H27N5O2/c1-18(2,3)16-4-5-17(24)23(20-16)11-10-21-6-8-22(9-7-21)13-15-12-19-25-14-15/h4-5,12,14H,6-11,13H2,1-3H3. The van der Waals surface area contributed by atoms with Gasteiger partial charge >= 0.3 is 0 Å². The van der Waals surface area contributed by atoms with Gasteiger partial charge in [0.15, 0.2) is 0 Å². The van der Waals surface area contributed by atoms with Crippen LogP contribution < -0.4 is 5.56 Å². The molecule has 1 fully saturated rings. The molecule has 0 radical (unpaired) electrons. The van der Waals surface area contributed by atoms with Crippen LogP contribution in [-0.4, -0.2) is 57.5 Å². The third kappa shape index (κ3) is 4.76. The van der Waals surface area contributed by atoms with Gasteiger partial charge in [0.25, 0.3) is 5.56 Å². The van der Waals surface area contributed by atoms with Gasteiger partial charge in [0, 0.05) is 56.3 Å². The lowest BCUT2D eigenvalue weighted by Gasteiger charge is -2.34. The second kappa shape index (κ2) is 7.49. The number of hydrogen-bond donors (Lipinski definition) is 0. The Morgan fingerprint density at radius 2 is 1.80 bits per heavy atom. The Kier molecular flexibility index (Phi) is 5.34. The van der Waals surface area contributed by atoms with Crippen molar-refractivity contribution in [3.05, 3.63) is 46.2 Å². The normalized spacial score (nSPS) is 17.1. The van der Waals surface area contributed by atoms with Crippen LogP contribution in [-0.2, 0) is 18.5 Å². The van der Waals surface area contributed by atoms with Crippen molar-refractivity contribution in [2.24, 2.45) is 0 Å². The fraction of sp³-hybridized carbons (Fsp3) is 0.611. The van der Waals surface area contributed by atoms with E-state index in [1.807, 2.05) is 6.07 Å². The summed E-state index contributed by atoms with van der Waals surface area (Å²) in [5, 5.41) is 8.29. The van der Waals surface area contributed by atoms with Crippen molar-refractivity contribution in [3.63, 3.8) is 0 Å². The summed E-state index contributed by atoms with van der Waals surface area (Å²) < 4.78 is 6.48. The minimum Gasteiger partial charge on any atom is -0.364 e. The number of rotatable bonds is 5. The van der Waals surface area contributed by atoms with Crippen LogP contribution in [0.4, 0.5) is 0 Å². The predicted octanol–water partition coefficient (Wildman–Crippen LogP) is 1.35. The summed E-state index contributed by atoms with van der Waals surface area (Å²) in [4.78, 5) is 16.8. The van der Waals surface area contributed by atoms with Crippen LogP contribution in [0.3, 0.4) is 0 Å². The zero-order valence-corrected chi connectivity index (χ0v) is 15.3. The molecule has 0 unspecified atom stereocenters. The average Bonchev–Trinajstić information content (AvgIpc) is 3.07. The summed E-state index contributed by atoms with van der Waals surface area (Å²) in [5.41, 5.74) is 1.98. The first-order chi connectivity index (χ1) is 11.9. The first-order valence-electron chi connectivity index (χ1n) is 8.83. The largest absolute Gasteiger partial charge is 0.364 e. The molecule has 0 N–H and O–H groups in total. The number of hydrogen-bond acceptors (Lipinski definition) is 6. The molecule has 1 saturated heterocycles. The molecule has 0 atom stereocenters. The molecule has 25 heavy (non-hydrogen) atoms. The Hall–Kier alpha value is -1.99. The van der Waals surface area contributed by atoms with Gasteiger partial charge in [-0.3, -0.25) is 14.6 Å².